The van der Waals surface area contributed by atoms with Gasteiger partial charge in [0.15, 0.2) is 0 Å². The largest absolute Gasteiger partial charge is 0.468 e. The fraction of sp³-hybridized carbons (Fsp3) is 0.600. The molecule has 0 saturated heterocycles. The lowest BCUT2D eigenvalue weighted by Crippen LogP contribution is -2.37. The molecule has 1 aromatic rings. The standard InChI is InChI=1S/C10H15N3O4/c1-4-5-13(6-8(14)16-3)10(15)9-11-7(2)17-12-9/h4-6H2,1-3H3. The minimum atomic E-state index is -0.480. The molecule has 0 atom stereocenters. The number of esters is 1. The molecule has 0 unspecified atom stereocenters. The van der Waals surface area contributed by atoms with Gasteiger partial charge in [-0.05, 0) is 6.42 Å². The van der Waals surface area contributed by atoms with Crippen LogP contribution in [0.25, 0.3) is 0 Å². The van der Waals surface area contributed by atoms with E-state index in [2.05, 4.69) is 14.9 Å². The van der Waals surface area contributed by atoms with E-state index in [4.69, 9.17) is 4.52 Å². The molecule has 0 spiro atoms. The third-order valence-electron chi connectivity index (χ3n) is 2.05. The van der Waals surface area contributed by atoms with Gasteiger partial charge in [-0.2, -0.15) is 4.98 Å². The smallest absolute Gasteiger partial charge is 0.325 e. The van der Waals surface area contributed by atoms with Gasteiger partial charge in [-0.25, -0.2) is 0 Å². The highest BCUT2D eigenvalue weighted by Gasteiger charge is 2.22. The van der Waals surface area contributed by atoms with Crippen LogP contribution in [0, 0.1) is 6.92 Å². The normalized spacial score (nSPS) is 10.1. The van der Waals surface area contributed by atoms with Gasteiger partial charge in [-0.1, -0.05) is 12.1 Å². The number of nitrogens with zero attached hydrogens (tertiary/aromatic N) is 3. The van der Waals surface area contributed by atoms with Crippen LogP contribution in [0.4, 0.5) is 0 Å². The fourth-order valence-electron chi connectivity index (χ4n) is 1.27. The zero-order chi connectivity index (χ0) is 12.8. The van der Waals surface area contributed by atoms with Crippen molar-refractivity contribution in [3.63, 3.8) is 0 Å². The molecule has 0 saturated carbocycles. The highest BCUT2D eigenvalue weighted by Crippen LogP contribution is 2.03. The van der Waals surface area contributed by atoms with E-state index in [0.29, 0.717) is 12.4 Å². The number of hydrogen-bond donors (Lipinski definition) is 0. The Labute approximate surface area is 98.7 Å². The van der Waals surface area contributed by atoms with Crippen LogP contribution >= 0.6 is 0 Å². The van der Waals surface area contributed by atoms with Gasteiger partial charge in [0.25, 0.3) is 11.7 Å². The minimum Gasteiger partial charge on any atom is -0.468 e. The molecule has 0 fully saturated rings. The van der Waals surface area contributed by atoms with E-state index in [1.165, 1.54) is 12.0 Å². The number of rotatable bonds is 5. The second-order valence-electron chi connectivity index (χ2n) is 3.44. The molecule has 1 rings (SSSR count). The number of amides is 1. The van der Waals surface area contributed by atoms with Crippen molar-refractivity contribution in [3.8, 4) is 0 Å². The summed E-state index contributed by atoms with van der Waals surface area (Å²) in [6.45, 7) is 3.81. The first-order valence-electron chi connectivity index (χ1n) is 5.24. The van der Waals surface area contributed by atoms with Crippen LogP contribution in [0.15, 0.2) is 4.52 Å². The Morgan fingerprint density at radius 1 is 1.47 bits per heavy atom. The quantitative estimate of drug-likeness (QED) is 0.694. The van der Waals surface area contributed by atoms with Gasteiger partial charge in [0.2, 0.25) is 5.89 Å². The lowest BCUT2D eigenvalue weighted by atomic mass is 10.3. The molecule has 1 amide bonds. The summed E-state index contributed by atoms with van der Waals surface area (Å²) in [5, 5.41) is 3.52. The van der Waals surface area contributed by atoms with E-state index in [-0.39, 0.29) is 12.4 Å². The zero-order valence-corrected chi connectivity index (χ0v) is 10.1. The summed E-state index contributed by atoms with van der Waals surface area (Å²) >= 11 is 0. The molecule has 17 heavy (non-hydrogen) atoms. The number of hydrogen-bond acceptors (Lipinski definition) is 6. The summed E-state index contributed by atoms with van der Waals surface area (Å²) < 4.78 is 9.24. The molecule has 1 aromatic heterocycles. The van der Waals surface area contributed by atoms with Gasteiger partial charge < -0.3 is 14.2 Å². The van der Waals surface area contributed by atoms with Crippen LogP contribution in [0.5, 0.6) is 0 Å². The average Bonchev–Trinajstić information content (AvgIpc) is 2.74. The number of methoxy groups -OCH3 is 1. The Balaban J connectivity index is 2.76. The molecule has 0 aliphatic heterocycles. The zero-order valence-electron chi connectivity index (χ0n) is 10.1. The Kier molecular flexibility index (Phi) is 4.62. The highest BCUT2D eigenvalue weighted by atomic mass is 16.5. The van der Waals surface area contributed by atoms with Crippen molar-refractivity contribution < 1.29 is 18.8 Å². The van der Waals surface area contributed by atoms with Crippen molar-refractivity contribution in [2.75, 3.05) is 20.2 Å². The van der Waals surface area contributed by atoms with Gasteiger partial charge in [0, 0.05) is 13.5 Å². The van der Waals surface area contributed by atoms with Crippen molar-refractivity contribution in [1.29, 1.82) is 0 Å². The minimum absolute atomic E-state index is 0.0418. The van der Waals surface area contributed by atoms with Crippen LogP contribution in [-0.4, -0.2) is 47.1 Å². The number of carbonyl (C=O) groups is 2. The fourth-order valence-corrected chi connectivity index (χ4v) is 1.27. The van der Waals surface area contributed by atoms with Gasteiger partial charge in [-0.15, -0.1) is 0 Å². The van der Waals surface area contributed by atoms with Crippen molar-refractivity contribution in [3.05, 3.63) is 11.7 Å². The van der Waals surface area contributed by atoms with E-state index >= 15 is 0 Å². The van der Waals surface area contributed by atoms with Crippen molar-refractivity contribution in [2.24, 2.45) is 0 Å². The summed E-state index contributed by atoms with van der Waals surface area (Å²) in [4.78, 5) is 28.2. The molecule has 94 valence electrons. The molecule has 0 bridgehead atoms. The lowest BCUT2D eigenvalue weighted by Gasteiger charge is -2.18. The Hall–Kier alpha value is -1.92. The predicted molar refractivity (Wildman–Crippen MR) is 57.2 cm³/mol. The van der Waals surface area contributed by atoms with E-state index in [1.54, 1.807) is 6.92 Å². The maximum absolute atomic E-state index is 11.9. The SMILES string of the molecule is CCCN(CC(=O)OC)C(=O)c1noc(C)n1. The summed E-state index contributed by atoms with van der Waals surface area (Å²) in [7, 11) is 1.27. The van der Waals surface area contributed by atoms with E-state index in [9.17, 15) is 9.59 Å². The highest BCUT2D eigenvalue weighted by molar-refractivity contribution is 5.92. The monoisotopic (exact) mass is 241 g/mol. The molecular weight excluding hydrogens is 226 g/mol. The number of carbonyl (C=O) groups excluding carboxylic acids is 2. The molecule has 0 aliphatic carbocycles. The van der Waals surface area contributed by atoms with Crippen LogP contribution < -0.4 is 0 Å². The average molecular weight is 241 g/mol. The molecule has 0 radical (unpaired) electrons. The van der Waals surface area contributed by atoms with Crippen LogP contribution in [-0.2, 0) is 9.53 Å². The third-order valence-corrected chi connectivity index (χ3v) is 2.05. The maximum Gasteiger partial charge on any atom is 0.325 e. The van der Waals surface area contributed by atoms with Crippen LogP contribution in [0.2, 0.25) is 0 Å². The molecule has 0 aliphatic rings. The maximum atomic E-state index is 11.9. The van der Waals surface area contributed by atoms with Crippen LogP contribution in [0.3, 0.4) is 0 Å². The van der Waals surface area contributed by atoms with Gasteiger partial charge in [0.05, 0.1) is 7.11 Å². The second-order valence-corrected chi connectivity index (χ2v) is 3.44. The lowest BCUT2D eigenvalue weighted by molar-refractivity contribution is -0.141. The summed E-state index contributed by atoms with van der Waals surface area (Å²) in [6.07, 6.45) is 0.722. The second kappa shape index (κ2) is 5.97. The van der Waals surface area contributed by atoms with Gasteiger partial charge >= 0.3 is 5.97 Å². The number of ether oxygens (including phenoxy) is 1. The van der Waals surface area contributed by atoms with Crippen LogP contribution in [0.1, 0.15) is 29.9 Å². The first-order chi connectivity index (χ1) is 8.08. The predicted octanol–water partition coefficient (Wildman–Crippen LogP) is 0.403. The summed E-state index contributed by atoms with van der Waals surface area (Å²) in [5.74, 6) is -0.649. The first-order valence-corrected chi connectivity index (χ1v) is 5.24. The van der Waals surface area contributed by atoms with Crippen molar-refractivity contribution in [1.82, 2.24) is 15.0 Å². The first kappa shape index (κ1) is 13.1. The Morgan fingerprint density at radius 2 is 2.18 bits per heavy atom. The third kappa shape index (κ3) is 3.54. The van der Waals surface area contributed by atoms with Gasteiger partial charge in [0.1, 0.15) is 6.54 Å². The molecular formula is C10H15N3O4. The topological polar surface area (TPSA) is 85.5 Å². The van der Waals surface area contributed by atoms with E-state index in [1.807, 2.05) is 6.92 Å². The summed E-state index contributed by atoms with van der Waals surface area (Å²) in [6, 6.07) is 0. The molecule has 1 heterocycles. The molecule has 0 N–H and O–H groups in total. The van der Waals surface area contributed by atoms with E-state index < -0.39 is 11.9 Å². The summed E-state index contributed by atoms with van der Waals surface area (Å²) in [5.41, 5.74) is 0. The Bertz CT molecular complexity index is 402. The Morgan fingerprint density at radius 3 is 2.65 bits per heavy atom. The van der Waals surface area contributed by atoms with Crippen molar-refractivity contribution >= 4 is 11.9 Å². The molecule has 7 nitrogen and oxygen atoms in total. The van der Waals surface area contributed by atoms with E-state index in [0.717, 1.165) is 6.42 Å². The van der Waals surface area contributed by atoms with Gasteiger partial charge in [-0.3, -0.25) is 9.59 Å². The number of aryl methyl sites for hydroxylation is 1. The number of aromatic nitrogens is 2. The molecule has 0 aromatic carbocycles. The molecule has 7 heteroatoms. The van der Waals surface area contributed by atoms with Crippen molar-refractivity contribution in [2.45, 2.75) is 20.3 Å².